The lowest BCUT2D eigenvalue weighted by Gasteiger charge is -2.30. The van der Waals surface area contributed by atoms with Crippen LogP contribution in [0.5, 0.6) is 0 Å². The zero-order valence-electron chi connectivity index (χ0n) is 23.8. The number of hydrogen-bond donors (Lipinski definition) is 4. The Morgan fingerprint density at radius 2 is 1.90 bits per heavy atom. The van der Waals surface area contributed by atoms with E-state index < -0.39 is 0 Å². The summed E-state index contributed by atoms with van der Waals surface area (Å²) in [6.07, 6.45) is 16.5. The number of imidazole rings is 1. The molecular formula is C32H39N9. The molecule has 0 atom stereocenters. The van der Waals surface area contributed by atoms with Gasteiger partial charge in [-0.3, -0.25) is 10.1 Å². The van der Waals surface area contributed by atoms with E-state index >= 15 is 0 Å². The third-order valence-electron chi connectivity index (χ3n) is 8.13. The van der Waals surface area contributed by atoms with Crippen molar-refractivity contribution in [2.45, 2.75) is 45.4 Å². The molecule has 0 unspecified atom stereocenters. The lowest BCUT2D eigenvalue weighted by atomic mass is 9.93. The third kappa shape index (κ3) is 5.95. The first kappa shape index (κ1) is 27.0. The number of anilines is 1. The molecule has 9 heteroatoms. The van der Waals surface area contributed by atoms with Crippen LogP contribution in [0, 0.1) is 12.8 Å². The smallest absolute Gasteiger partial charge is 0.181 e. The van der Waals surface area contributed by atoms with Crippen molar-refractivity contribution in [1.29, 1.82) is 0 Å². The van der Waals surface area contributed by atoms with E-state index in [1.807, 2.05) is 24.7 Å². The molecule has 0 bridgehead atoms. The quantitative estimate of drug-likeness (QED) is 0.188. The number of aromatic nitrogens is 6. The molecule has 0 saturated carbocycles. The van der Waals surface area contributed by atoms with Gasteiger partial charge in [0.05, 0.1) is 23.0 Å². The van der Waals surface area contributed by atoms with Crippen LogP contribution in [0.2, 0.25) is 0 Å². The lowest BCUT2D eigenvalue weighted by Crippen LogP contribution is -2.28. The van der Waals surface area contributed by atoms with Crippen molar-refractivity contribution in [3.8, 4) is 22.6 Å². The van der Waals surface area contributed by atoms with E-state index in [2.05, 4.69) is 79.0 Å². The van der Waals surface area contributed by atoms with Gasteiger partial charge in [0.1, 0.15) is 11.4 Å². The van der Waals surface area contributed by atoms with Crippen LogP contribution in [-0.2, 0) is 0 Å². The maximum atomic E-state index is 5.05. The molecule has 0 aliphatic carbocycles. The molecule has 2 fully saturated rings. The van der Waals surface area contributed by atoms with Gasteiger partial charge < -0.3 is 20.5 Å². The molecule has 212 valence electrons. The fourth-order valence-electron chi connectivity index (χ4n) is 6.00. The van der Waals surface area contributed by atoms with E-state index in [-0.39, 0.29) is 0 Å². The highest BCUT2D eigenvalue weighted by molar-refractivity contribution is 5.92. The van der Waals surface area contributed by atoms with Gasteiger partial charge in [0, 0.05) is 48.0 Å². The Kier molecular flexibility index (Phi) is 7.95. The number of rotatable bonds is 9. The highest BCUT2D eigenvalue weighted by atomic mass is 15.2. The maximum Gasteiger partial charge on any atom is 0.181 e. The molecule has 4 aromatic heterocycles. The summed E-state index contributed by atoms with van der Waals surface area (Å²) in [5, 5.41) is 15.5. The van der Waals surface area contributed by atoms with Crippen LogP contribution in [-0.4, -0.2) is 61.2 Å². The average Bonchev–Trinajstić information content (AvgIpc) is 3.59. The van der Waals surface area contributed by atoms with Gasteiger partial charge in [0.15, 0.2) is 11.5 Å². The highest BCUT2D eigenvalue weighted by Crippen LogP contribution is 2.32. The summed E-state index contributed by atoms with van der Waals surface area (Å²) in [6, 6.07) is 4.21. The standard InChI is InChI=1S/C32H39N9/c1-4-8-28(41-13-6-5-7-14-41)29-22(3)37-32(38-29)30-27-17-25(19-35-31(27)40-39-30)24-16-26(20-34-18-24)36-21(2)15-23-9-11-33-12-10-23/h4,8,16-20,23,33,36H,1-2,5-7,9-15H2,3H3,(H,37,38)(H,35,39,40)/b28-8+. The molecule has 2 aliphatic heterocycles. The first-order valence-corrected chi connectivity index (χ1v) is 14.7. The fraction of sp³-hybridized carbons (Fsp3) is 0.375. The van der Waals surface area contributed by atoms with Crippen LogP contribution in [0.15, 0.2) is 61.7 Å². The van der Waals surface area contributed by atoms with E-state index in [9.17, 15) is 0 Å². The molecule has 9 nitrogen and oxygen atoms in total. The van der Waals surface area contributed by atoms with Crippen molar-refractivity contribution >= 4 is 22.4 Å². The van der Waals surface area contributed by atoms with Gasteiger partial charge in [-0.05, 0) is 82.7 Å². The molecule has 4 aromatic rings. The van der Waals surface area contributed by atoms with Crippen molar-refractivity contribution in [1.82, 2.24) is 40.3 Å². The predicted molar refractivity (Wildman–Crippen MR) is 166 cm³/mol. The van der Waals surface area contributed by atoms with Crippen LogP contribution < -0.4 is 10.6 Å². The number of allylic oxidation sites excluding steroid dienone is 3. The molecule has 0 spiro atoms. The van der Waals surface area contributed by atoms with E-state index in [1.165, 1.54) is 32.1 Å². The Morgan fingerprint density at radius 1 is 1.10 bits per heavy atom. The zero-order valence-corrected chi connectivity index (χ0v) is 23.8. The summed E-state index contributed by atoms with van der Waals surface area (Å²) in [6.45, 7) is 14.6. The molecule has 0 radical (unpaired) electrons. The highest BCUT2D eigenvalue weighted by Gasteiger charge is 2.22. The van der Waals surface area contributed by atoms with Crippen molar-refractivity contribution in [3.63, 3.8) is 0 Å². The van der Waals surface area contributed by atoms with Crippen LogP contribution in [0.4, 0.5) is 5.69 Å². The van der Waals surface area contributed by atoms with Crippen LogP contribution in [0.25, 0.3) is 39.4 Å². The summed E-state index contributed by atoms with van der Waals surface area (Å²) < 4.78 is 0. The molecule has 6 heterocycles. The van der Waals surface area contributed by atoms with Crippen LogP contribution in [0.1, 0.15) is 49.9 Å². The number of fused-ring (bicyclic) bond motifs is 1. The molecule has 0 amide bonds. The van der Waals surface area contributed by atoms with E-state index in [1.54, 1.807) is 0 Å². The van der Waals surface area contributed by atoms with Crippen molar-refractivity contribution < 1.29 is 0 Å². The van der Waals surface area contributed by atoms with Crippen LogP contribution >= 0.6 is 0 Å². The summed E-state index contributed by atoms with van der Waals surface area (Å²) in [4.78, 5) is 20.1. The topological polar surface area (TPSA) is 110 Å². The summed E-state index contributed by atoms with van der Waals surface area (Å²) >= 11 is 0. The van der Waals surface area contributed by atoms with Gasteiger partial charge in [-0.2, -0.15) is 5.10 Å². The Morgan fingerprint density at radius 3 is 2.71 bits per heavy atom. The van der Waals surface area contributed by atoms with Crippen LogP contribution in [0.3, 0.4) is 0 Å². The molecule has 2 saturated heterocycles. The Balaban J connectivity index is 1.26. The second kappa shape index (κ2) is 12.1. The van der Waals surface area contributed by atoms with E-state index in [0.29, 0.717) is 11.6 Å². The first-order valence-electron chi connectivity index (χ1n) is 14.7. The number of aryl methyl sites for hydroxylation is 1. The minimum atomic E-state index is 0.648. The monoisotopic (exact) mass is 549 g/mol. The number of likely N-dealkylation sites (tertiary alicyclic amines) is 1. The van der Waals surface area contributed by atoms with Crippen molar-refractivity contribution in [2.24, 2.45) is 5.92 Å². The number of nitrogens with one attached hydrogen (secondary N) is 4. The van der Waals surface area contributed by atoms with Crippen molar-refractivity contribution in [2.75, 3.05) is 31.5 Å². The molecule has 4 N–H and O–H groups in total. The van der Waals surface area contributed by atoms with Crippen molar-refractivity contribution in [3.05, 3.63) is 73.1 Å². The molecule has 41 heavy (non-hydrogen) atoms. The van der Waals surface area contributed by atoms with Gasteiger partial charge in [0.2, 0.25) is 0 Å². The lowest BCUT2D eigenvalue weighted by molar-refractivity contribution is 0.325. The summed E-state index contributed by atoms with van der Waals surface area (Å²) in [7, 11) is 0. The number of piperidine rings is 2. The maximum absolute atomic E-state index is 5.05. The molecule has 6 rings (SSSR count). The third-order valence-corrected chi connectivity index (χ3v) is 8.13. The minimum absolute atomic E-state index is 0.648. The molecular weight excluding hydrogens is 510 g/mol. The van der Waals surface area contributed by atoms with Gasteiger partial charge >= 0.3 is 0 Å². The Hall–Kier alpha value is -4.24. The van der Waals surface area contributed by atoms with Gasteiger partial charge in [-0.15, -0.1) is 0 Å². The summed E-state index contributed by atoms with van der Waals surface area (Å²) in [5.41, 5.74) is 8.43. The Labute approximate surface area is 241 Å². The van der Waals surface area contributed by atoms with Gasteiger partial charge in [-0.25, -0.2) is 9.97 Å². The summed E-state index contributed by atoms with van der Waals surface area (Å²) in [5.74, 6) is 1.42. The normalized spacial score (nSPS) is 16.7. The van der Waals surface area contributed by atoms with Gasteiger partial charge in [0.25, 0.3) is 0 Å². The van der Waals surface area contributed by atoms with Gasteiger partial charge in [-0.1, -0.05) is 19.2 Å². The Bertz CT molecular complexity index is 1570. The SMILES string of the molecule is C=C/C=C(\c1nc(-c2[nH]nc3ncc(-c4cncc(NC(=C)CC5CCNCC5)c4)cc23)[nH]c1C)N1CCCCC1. The minimum Gasteiger partial charge on any atom is -0.370 e. The second-order valence-electron chi connectivity index (χ2n) is 11.2. The number of nitrogens with zero attached hydrogens (tertiary/aromatic N) is 5. The number of hydrogen-bond acceptors (Lipinski definition) is 7. The number of aromatic amines is 2. The molecule has 2 aliphatic rings. The predicted octanol–water partition coefficient (Wildman–Crippen LogP) is 6.05. The first-order chi connectivity index (χ1) is 20.1. The van der Waals surface area contributed by atoms with E-state index in [0.717, 1.165) is 89.1 Å². The zero-order chi connectivity index (χ0) is 28.2. The largest absolute Gasteiger partial charge is 0.370 e. The van der Waals surface area contributed by atoms with E-state index in [4.69, 9.17) is 4.98 Å². The fourth-order valence-corrected chi connectivity index (χ4v) is 6.00. The second-order valence-corrected chi connectivity index (χ2v) is 11.2. The molecule has 0 aromatic carbocycles. The number of pyridine rings is 2. The number of H-pyrrole nitrogens is 2. The average molecular weight is 550 g/mol.